The predicted molar refractivity (Wildman–Crippen MR) is 135 cm³/mol. The van der Waals surface area contributed by atoms with Crippen molar-refractivity contribution in [1.82, 2.24) is 19.7 Å². The molecule has 0 unspecified atom stereocenters. The van der Waals surface area contributed by atoms with Gasteiger partial charge in [-0.3, -0.25) is 9.20 Å². The highest BCUT2D eigenvalue weighted by atomic mass is 19.2. The summed E-state index contributed by atoms with van der Waals surface area (Å²) in [6, 6.07) is 8.23. The molecule has 0 saturated carbocycles. The molecule has 0 bridgehead atoms. The Kier molecular flexibility index (Phi) is 7.44. The highest BCUT2D eigenvalue weighted by Gasteiger charge is 2.19. The molecule has 4 aromatic rings. The number of carbonyl (C=O) groups excluding carboxylic acids is 1. The third-order valence-corrected chi connectivity index (χ3v) is 5.94. The maximum atomic E-state index is 14.7. The molecule has 4 rings (SSSR count). The standard InChI is InChI=1S/C26H28F2N6O2/c1-4-16-13-17(5-6-18(16)26(35)32-15(2)9-10-29)33-24-25-31-14-20(34(25)12-11-30-24)19-7-8-21(36-3)23(28)22(19)27/h5-8,11-15H,4,9-10,29H2,1-3H3,(H,30,33)(H,32,35)/t15-/m1/s1. The van der Waals surface area contributed by atoms with E-state index in [9.17, 15) is 13.6 Å². The van der Waals surface area contributed by atoms with E-state index >= 15 is 0 Å². The van der Waals surface area contributed by atoms with Crippen molar-refractivity contribution in [2.75, 3.05) is 19.0 Å². The minimum atomic E-state index is -1.06. The smallest absolute Gasteiger partial charge is 0.251 e. The van der Waals surface area contributed by atoms with Crippen LogP contribution in [0, 0.1) is 11.6 Å². The summed E-state index contributed by atoms with van der Waals surface area (Å²) in [6.45, 7) is 4.39. The largest absolute Gasteiger partial charge is 0.494 e. The Morgan fingerprint density at radius 1 is 1.19 bits per heavy atom. The van der Waals surface area contributed by atoms with Crippen LogP contribution in [0.1, 0.15) is 36.2 Å². The second-order valence-corrected chi connectivity index (χ2v) is 8.36. The van der Waals surface area contributed by atoms with Crippen molar-refractivity contribution in [3.63, 3.8) is 0 Å². The van der Waals surface area contributed by atoms with Crippen molar-refractivity contribution < 1.29 is 18.3 Å². The average molecular weight is 495 g/mol. The molecular weight excluding hydrogens is 466 g/mol. The number of ether oxygens (including phenoxy) is 1. The van der Waals surface area contributed by atoms with E-state index in [0.717, 1.165) is 5.56 Å². The molecule has 1 amide bonds. The number of benzene rings is 2. The number of amides is 1. The van der Waals surface area contributed by atoms with E-state index in [0.29, 0.717) is 47.8 Å². The van der Waals surface area contributed by atoms with Gasteiger partial charge in [0.15, 0.2) is 23.0 Å². The third kappa shape index (κ3) is 4.85. The number of halogens is 2. The van der Waals surface area contributed by atoms with Crippen LogP contribution in [0.2, 0.25) is 0 Å². The maximum absolute atomic E-state index is 14.7. The molecule has 188 valence electrons. The van der Waals surface area contributed by atoms with Gasteiger partial charge in [-0.05, 0) is 62.2 Å². The van der Waals surface area contributed by atoms with Crippen LogP contribution in [0.15, 0.2) is 48.9 Å². The highest BCUT2D eigenvalue weighted by Crippen LogP contribution is 2.31. The number of anilines is 2. The number of nitrogens with zero attached hydrogens (tertiary/aromatic N) is 3. The van der Waals surface area contributed by atoms with Crippen molar-refractivity contribution in [2.24, 2.45) is 5.73 Å². The van der Waals surface area contributed by atoms with Crippen molar-refractivity contribution in [1.29, 1.82) is 0 Å². The molecule has 0 aliphatic rings. The van der Waals surface area contributed by atoms with Crippen LogP contribution < -0.4 is 21.1 Å². The van der Waals surface area contributed by atoms with Gasteiger partial charge in [-0.1, -0.05) is 6.92 Å². The first kappa shape index (κ1) is 25.1. The number of nitrogens with two attached hydrogens (primary N) is 1. The summed E-state index contributed by atoms with van der Waals surface area (Å²) in [5, 5.41) is 6.20. The van der Waals surface area contributed by atoms with E-state index in [4.69, 9.17) is 10.5 Å². The number of rotatable bonds is 9. The van der Waals surface area contributed by atoms with Crippen LogP contribution in [-0.4, -0.2) is 40.0 Å². The Balaban J connectivity index is 1.64. The van der Waals surface area contributed by atoms with Crippen LogP contribution in [0.4, 0.5) is 20.3 Å². The van der Waals surface area contributed by atoms with E-state index in [2.05, 4.69) is 20.6 Å². The number of hydrogen-bond acceptors (Lipinski definition) is 6. The summed E-state index contributed by atoms with van der Waals surface area (Å²) in [7, 11) is 1.28. The van der Waals surface area contributed by atoms with Crippen LogP contribution in [-0.2, 0) is 6.42 Å². The van der Waals surface area contributed by atoms with E-state index in [1.54, 1.807) is 28.9 Å². The van der Waals surface area contributed by atoms with Gasteiger partial charge in [0.1, 0.15) is 0 Å². The number of aryl methyl sites for hydroxylation is 1. The van der Waals surface area contributed by atoms with Gasteiger partial charge in [-0.25, -0.2) is 14.4 Å². The minimum absolute atomic E-state index is 0.0227. The van der Waals surface area contributed by atoms with Crippen LogP contribution in [0.25, 0.3) is 16.9 Å². The normalized spacial score (nSPS) is 11.9. The fourth-order valence-electron chi connectivity index (χ4n) is 4.04. The van der Waals surface area contributed by atoms with Gasteiger partial charge >= 0.3 is 0 Å². The Bertz CT molecular complexity index is 1400. The van der Waals surface area contributed by atoms with Gasteiger partial charge in [0, 0.05) is 35.2 Å². The van der Waals surface area contributed by atoms with Gasteiger partial charge in [0.2, 0.25) is 5.82 Å². The highest BCUT2D eigenvalue weighted by molar-refractivity contribution is 5.96. The molecule has 36 heavy (non-hydrogen) atoms. The molecular formula is C26H28F2N6O2. The fourth-order valence-corrected chi connectivity index (χ4v) is 4.04. The Morgan fingerprint density at radius 3 is 2.72 bits per heavy atom. The predicted octanol–water partition coefficient (Wildman–Crippen LogP) is 4.46. The number of nitrogens with one attached hydrogen (secondary N) is 2. The van der Waals surface area contributed by atoms with E-state index in [-0.39, 0.29) is 23.3 Å². The molecule has 0 saturated heterocycles. The minimum Gasteiger partial charge on any atom is -0.494 e. The molecule has 0 aliphatic heterocycles. The van der Waals surface area contributed by atoms with Gasteiger partial charge in [0.05, 0.1) is 19.0 Å². The second kappa shape index (κ2) is 10.7. The fraction of sp³-hybridized carbons (Fsp3) is 0.269. The Hall–Kier alpha value is -4.05. The molecule has 2 aromatic heterocycles. The molecule has 0 fully saturated rings. The molecule has 8 nitrogen and oxygen atoms in total. The van der Waals surface area contributed by atoms with Crippen molar-refractivity contribution >= 4 is 23.1 Å². The van der Waals surface area contributed by atoms with Gasteiger partial charge in [-0.15, -0.1) is 0 Å². The Labute approximate surface area is 207 Å². The summed E-state index contributed by atoms with van der Waals surface area (Å²) in [5.74, 6) is -1.98. The summed E-state index contributed by atoms with van der Waals surface area (Å²) >= 11 is 0. The summed E-state index contributed by atoms with van der Waals surface area (Å²) in [5.41, 5.74) is 8.59. The molecule has 4 N–H and O–H groups in total. The van der Waals surface area contributed by atoms with E-state index in [1.165, 1.54) is 25.4 Å². The third-order valence-electron chi connectivity index (χ3n) is 5.94. The summed E-state index contributed by atoms with van der Waals surface area (Å²) in [4.78, 5) is 21.5. The van der Waals surface area contributed by atoms with Crippen LogP contribution in [0.5, 0.6) is 5.75 Å². The van der Waals surface area contributed by atoms with Crippen molar-refractivity contribution in [3.05, 3.63) is 71.7 Å². The maximum Gasteiger partial charge on any atom is 0.251 e. The topological polar surface area (TPSA) is 107 Å². The van der Waals surface area contributed by atoms with Crippen molar-refractivity contribution in [2.45, 2.75) is 32.7 Å². The van der Waals surface area contributed by atoms with E-state index < -0.39 is 11.6 Å². The second-order valence-electron chi connectivity index (χ2n) is 8.36. The molecule has 0 spiro atoms. The van der Waals surface area contributed by atoms with Gasteiger partial charge in [-0.2, -0.15) is 4.39 Å². The van der Waals surface area contributed by atoms with Crippen LogP contribution in [0.3, 0.4) is 0 Å². The van der Waals surface area contributed by atoms with Gasteiger partial charge in [0.25, 0.3) is 5.91 Å². The number of aromatic nitrogens is 3. The lowest BCUT2D eigenvalue weighted by molar-refractivity contribution is 0.0938. The summed E-state index contributed by atoms with van der Waals surface area (Å²) < 4.78 is 35.5. The first-order valence-corrected chi connectivity index (χ1v) is 11.6. The number of hydrogen-bond donors (Lipinski definition) is 3. The number of methoxy groups -OCH3 is 1. The zero-order chi connectivity index (χ0) is 25.8. The lowest BCUT2D eigenvalue weighted by Gasteiger charge is -2.16. The van der Waals surface area contributed by atoms with Gasteiger partial charge < -0.3 is 21.1 Å². The monoisotopic (exact) mass is 494 g/mol. The quantitative estimate of drug-likeness (QED) is 0.317. The molecule has 1 atom stereocenters. The average Bonchev–Trinajstić information content (AvgIpc) is 3.30. The first-order chi connectivity index (χ1) is 17.4. The number of imidazole rings is 1. The number of fused-ring (bicyclic) bond motifs is 1. The van der Waals surface area contributed by atoms with Crippen molar-refractivity contribution in [3.8, 4) is 17.0 Å². The molecule has 0 radical (unpaired) electrons. The lowest BCUT2D eigenvalue weighted by atomic mass is 10.0. The lowest BCUT2D eigenvalue weighted by Crippen LogP contribution is -2.34. The first-order valence-electron chi connectivity index (χ1n) is 11.6. The summed E-state index contributed by atoms with van der Waals surface area (Å²) in [6.07, 6.45) is 5.97. The number of carbonyl (C=O) groups is 1. The van der Waals surface area contributed by atoms with Crippen LogP contribution >= 0.6 is 0 Å². The van der Waals surface area contributed by atoms with E-state index in [1.807, 2.05) is 19.9 Å². The molecule has 0 aliphatic carbocycles. The Morgan fingerprint density at radius 2 is 2.00 bits per heavy atom. The zero-order valence-electron chi connectivity index (χ0n) is 20.3. The SMILES string of the molecule is CCc1cc(Nc2nccn3c(-c4ccc(OC)c(F)c4F)cnc23)ccc1C(=O)N[C@H](C)CCN. The molecule has 2 aromatic carbocycles. The zero-order valence-corrected chi connectivity index (χ0v) is 20.3. The molecule has 10 heteroatoms. The molecule has 2 heterocycles.